The van der Waals surface area contributed by atoms with E-state index in [9.17, 15) is 14.4 Å². The van der Waals surface area contributed by atoms with Crippen molar-refractivity contribution in [1.29, 1.82) is 0 Å². The molecule has 332 valence electrons. The molecular weight excluding hydrogens is 697 g/mol. The first-order valence-electron chi connectivity index (χ1n) is 25.0. The fraction of sp³-hybridized carbons (Fsp3) is 0.940. The second-order valence-electron chi connectivity index (χ2n) is 17.1. The minimum atomic E-state index is -0.758. The smallest absolute Gasteiger partial charge is 0.306 e. The van der Waals surface area contributed by atoms with Crippen LogP contribution in [0.1, 0.15) is 284 Å². The molecule has 6 heteroatoms. The summed E-state index contributed by atoms with van der Waals surface area (Å²) >= 11 is 0. The van der Waals surface area contributed by atoms with Gasteiger partial charge in [-0.05, 0) is 19.3 Å². The zero-order valence-electron chi connectivity index (χ0n) is 37.9. The monoisotopic (exact) mass is 793 g/mol. The summed E-state index contributed by atoms with van der Waals surface area (Å²) < 4.78 is 16.7. The van der Waals surface area contributed by atoms with Gasteiger partial charge >= 0.3 is 17.9 Å². The van der Waals surface area contributed by atoms with Crippen LogP contribution < -0.4 is 0 Å². The third kappa shape index (κ3) is 43.5. The first kappa shape index (κ1) is 54.4. The van der Waals surface area contributed by atoms with Crippen molar-refractivity contribution in [2.45, 2.75) is 290 Å². The quantitative estimate of drug-likeness (QED) is 0.0347. The molecule has 0 saturated carbocycles. The van der Waals surface area contributed by atoms with Crippen molar-refractivity contribution in [3.05, 3.63) is 0 Å². The van der Waals surface area contributed by atoms with Crippen molar-refractivity contribution in [2.75, 3.05) is 13.2 Å². The third-order valence-corrected chi connectivity index (χ3v) is 11.4. The predicted molar refractivity (Wildman–Crippen MR) is 238 cm³/mol. The maximum absolute atomic E-state index is 12.7. The highest BCUT2D eigenvalue weighted by Gasteiger charge is 2.19. The molecule has 0 N–H and O–H groups in total. The van der Waals surface area contributed by atoms with Crippen LogP contribution in [0.4, 0.5) is 0 Å². The summed E-state index contributed by atoms with van der Waals surface area (Å²) in [6.45, 7) is 6.64. The van der Waals surface area contributed by atoms with Crippen LogP contribution in [0.25, 0.3) is 0 Å². The Kier molecular flexibility index (Phi) is 44.8. The fourth-order valence-corrected chi connectivity index (χ4v) is 7.56. The Morgan fingerprint density at radius 2 is 0.482 bits per heavy atom. The van der Waals surface area contributed by atoms with Gasteiger partial charge in [0, 0.05) is 19.3 Å². The largest absolute Gasteiger partial charge is 0.462 e. The van der Waals surface area contributed by atoms with Gasteiger partial charge in [0.05, 0.1) is 0 Å². The molecule has 0 aliphatic rings. The lowest BCUT2D eigenvalue weighted by Crippen LogP contribution is -2.30. The number of carbonyl (C=O) groups is 3. The van der Waals surface area contributed by atoms with Crippen LogP contribution >= 0.6 is 0 Å². The second kappa shape index (κ2) is 46.1. The SMILES string of the molecule is CCCCCCCCCCCCCCCCCCCCCC(=O)OC[C@H](COC(=O)CCCCCCCCCCC)OC(=O)CCCCCCCCCCCC. The number of carbonyl (C=O) groups excluding carboxylic acids is 3. The number of unbranched alkanes of at least 4 members (excludes halogenated alkanes) is 35. The molecule has 0 amide bonds. The number of ether oxygens (including phenoxy) is 3. The van der Waals surface area contributed by atoms with Crippen LogP contribution in [-0.2, 0) is 28.6 Å². The summed E-state index contributed by atoms with van der Waals surface area (Å²) in [5, 5.41) is 0. The summed E-state index contributed by atoms with van der Waals surface area (Å²) in [4.78, 5) is 37.7. The molecule has 0 bridgehead atoms. The standard InChI is InChI=1S/C50H96O6/c1-4-7-10-13-16-19-21-22-23-24-25-26-27-28-29-32-34-37-40-43-49(52)55-46-47(45-54-48(51)42-39-36-33-30-18-15-12-9-6-3)56-50(53)44-41-38-35-31-20-17-14-11-8-5-2/h47H,4-46H2,1-3H3/t47-/m0/s1. The highest BCUT2D eigenvalue weighted by Crippen LogP contribution is 2.16. The van der Waals surface area contributed by atoms with Crippen LogP contribution in [0.3, 0.4) is 0 Å². The Morgan fingerprint density at radius 3 is 0.714 bits per heavy atom. The molecule has 0 unspecified atom stereocenters. The molecule has 56 heavy (non-hydrogen) atoms. The van der Waals surface area contributed by atoms with Crippen LogP contribution in [0.2, 0.25) is 0 Å². The van der Waals surface area contributed by atoms with E-state index >= 15 is 0 Å². The summed E-state index contributed by atoms with van der Waals surface area (Å²) in [7, 11) is 0. The van der Waals surface area contributed by atoms with Gasteiger partial charge in [-0.15, -0.1) is 0 Å². The minimum Gasteiger partial charge on any atom is -0.462 e. The van der Waals surface area contributed by atoms with E-state index in [0.717, 1.165) is 57.8 Å². The maximum Gasteiger partial charge on any atom is 0.306 e. The summed E-state index contributed by atoms with van der Waals surface area (Å²) in [6.07, 6.45) is 48.1. The molecule has 0 aromatic rings. The predicted octanol–water partition coefficient (Wildman–Crippen LogP) is 16.0. The van der Waals surface area contributed by atoms with Gasteiger partial charge in [-0.25, -0.2) is 0 Å². The van der Waals surface area contributed by atoms with Crippen molar-refractivity contribution in [3.63, 3.8) is 0 Å². The molecule has 0 rings (SSSR count). The number of esters is 3. The van der Waals surface area contributed by atoms with Gasteiger partial charge in [-0.1, -0.05) is 245 Å². The van der Waals surface area contributed by atoms with E-state index in [4.69, 9.17) is 14.2 Å². The van der Waals surface area contributed by atoms with Crippen LogP contribution in [0, 0.1) is 0 Å². The molecule has 0 saturated heterocycles. The van der Waals surface area contributed by atoms with Gasteiger partial charge in [0.25, 0.3) is 0 Å². The number of rotatable bonds is 46. The summed E-state index contributed by atoms with van der Waals surface area (Å²) in [6, 6.07) is 0. The lowest BCUT2D eigenvalue weighted by atomic mass is 10.0. The molecule has 0 spiro atoms. The molecule has 0 fully saturated rings. The minimum absolute atomic E-state index is 0.0625. The Balaban J connectivity index is 4.18. The lowest BCUT2D eigenvalue weighted by Gasteiger charge is -2.18. The number of hydrogen-bond acceptors (Lipinski definition) is 6. The van der Waals surface area contributed by atoms with Crippen LogP contribution in [0.15, 0.2) is 0 Å². The van der Waals surface area contributed by atoms with E-state index in [1.807, 2.05) is 0 Å². The zero-order valence-corrected chi connectivity index (χ0v) is 37.9. The summed E-state index contributed by atoms with van der Waals surface area (Å²) in [5.74, 6) is -0.850. The molecule has 1 atom stereocenters. The highest BCUT2D eigenvalue weighted by molar-refractivity contribution is 5.71. The molecule has 6 nitrogen and oxygen atoms in total. The van der Waals surface area contributed by atoms with Gasteiger partial charge in [0.1, 0.15) is 13.2 Å². The molecule has 0 heterocycles. The molecule has 0 aliphatic heterocycles. The number of hydrogen-bond donors (Lipinski definition) is 0. The van der Waals surface area contributed by atoms with Gasteiger partial charge < -0.3 is 14.2 Å². The van der Waals surface area contributed by atoms with E-state index in [-0.39, 0.29) is 31.1 Å². The average Bonchev–Trinajstić information content (AvgIpc) is 3.19. The van der Waals surface area contributed by atoms with Crippen molar-refractivity contribution in [2.24, 2.45) is 0 Å². The Labute approximate surface area is 348 Å². The molecule has 0 aliphatic carbocycles. The Morgan fingerprint density at radius 1 is 0.286 bits per heavy atom. The first-order chi connectivity index (χ1) is 27.5. The van der Waals surface area contributed by atoms with Gasteiger partial charge in [-0.2, -0.15) is 0 Å². The van der Waals surface area contributed by atoms with E-state index in [2.05, 4.69) is 20.8 Å². The van der Waals surface area contributed by atoms with Crippen molar-refractivity contribution < 1.29 is 28.6 Å². The Bertz CT molecular complexity index is 828. The second-order valence-corrected chi connectivity index (χ2v) is 17.1. The zero-order chi connectivity index (χ0) is 40.8. The van der Waals surface area contributed by atoms with Gasteiger partial charge in [-0.3, -0.25) is 14.4 Å². The molecule has 0 aromatic carbocycles. The van der Waals surface area contributed by atoms with Gasteiger partial charge in [0.2, 0.25) is 0 Å². The van der Waals surface area contributed by atoms with Crippen LogP contribution in [-0.4, -0.2) is 37.2 Å². The van der Waals surface area contributed by atoms with Crippen molar-refractivity contribution in [1.82, 2.24) is 0 Å². The normalized spacial score (nSPS) is 11.8. The summed E-state index contributed by atoms with van der Waals surface area (Å²) in [5.41, 5.74) is 0. The van der Waals surface area contributed by atoms with Crippen molar-refractivity contribution in [3.8, 4) is 0 Å². The van der Waals surface area contributed by atoms with E-state index in [1.54, 1.807) is 0 Å². The maximum atomic E-state index is 12.7. The fourth-order valence-electron chi connectivity index (χ4n) is 7.56. The first-order valence-corrected chi connectivity index (χ1v) is 25.0. The van der Waals surface area contributed by atoms with E-state index in [0.29, 0.717) is 19.3 Å². The topological polar surface area (TPSA) is 78.9 Å². The molecular formula is C50H96O6. The van der Waals surface area contributed by atoms with Gasteiger partial charge in [0.15, 0.2) is 6.10 Å². The Hall–Kier alpha value is -1.59. The lowest BCUT2D eigenvalue weighted by molar-refractivity contribution is -0.167. The van der Waals surface area contributed by atoms with E-state index in [1.165, 1.54) is 186 Å². The average molecular weight is 793 g/mol. The van der Waals surface area contributed by atoms with E-state index < -0.39 is 6.10 Å². The van der Waals surface area contributed by atoms with Crippen molar-refractivity contribution >= 4 is 17.9 Å². The highest BCUT2D eigenvalue weighted by atomic mass is 16.6. The molecule has 0 radical (unpaired) electrons. The molecule has 0 aromatic heterocycles. The van der Waals surface area contributed by atoms with Crippen LogP contribution in [0.5, 0.6) is 0 Å². The third-order valence-electron chi connectivity index (χ3n) is 11.4.